The molecule has 2 aliphatic rings. The van der Waals surface area contributed by atoms with E-state index in [1.807, 2.05) is 12.1 Å². The highest BCUT2D eigenvalue weighted by molar-refractivity contribution is 5.49. The Balaban J connectivity index is 1.91. The quantitative estimate of drug-likeness (QED) is 0.780. The van der Waals surface area contributed by atoms with Gasteiger partial charge in [0, 0.05) is 18.6 Å². The monoisotopic (exact) mass is 220 g/mol. The van der Waals surface area contributed by atoms with Gasteiger partial charge in [-0.1, -0.05) is 12.1 Å². The third-order valence-electron chi connectivity index (χ3n) is 3.79. The van der Waals surface area contributed by atoms with Crippen LogP contribution in [0.15, 0.2) is 24.3 Å². The van der Waals surface area contributed by atoms with Crippen molar-refractivity contribution in [2.45, 2.75) is 31.3 Å². The van der Waals surface area contributed by atoms with Crippen molar-refractivity contribution in [3.05, 3.63) is 30.1 Å². The second-order valence-electron chi connectivity index (χ2n) is 4.70. The average molecular weight is 220 g/mol. The van der Waals surface area contributed by atoms with Gasteiger partial charge in [-0.05, 0) is 37.9 Å². The van der Waals surface area contributed by atoms with Gasteiger partial charge < -0.3 is 10.2 Å². The number of rotatable bonds is 1. The summed E-state index contributed by atoms with van der Waals surface area (Å²) in [6.45, 7) is 2.06. The van der Waals surface area contributed by atoms with Gasteiger partial charge in [-0.25, -0.2) is 4.39 Å². The predicted octanol–water partition coefficient (Wildman–Crippen LogP) is 2.16. The van der Waals surface area contributed by atoms with Gasteiger partial charge in [0.1, 0.15) is 5.82 Å². The first-order valence-corrected chi connectivity index (χ1v) is 6.11. The summed E-state index contributed by atoms with van der Waals surface area (Å²) in [7, 11) is 0. The first kappa shape index (κ1) is 10.1. The highest BCUT2D eigenvalue weighted by atomic mass is 19.1. The lowest BCUT2D eigenvalue weighted by Crippen LogP contribution is -2.48. The number of anilines is 1. The molecule has 1 N–H and O–H groups in total. The number of hydrogen-bond donors (Lipinski definition) is 1. The highest BCUT2D eigenvalue weighted by Gasteiger charge is 2.35. The molecule has 0 radical (unpaired) electrons. The van der Waals surface area contributed by atoms with Gasteiger partial charge in [0.2, 0.25) is 0 Å². The Morgan fingerprint density at radius 3 is 3.00 bits per heavy atom. The molecule has 86 valence electrons. The first-order valence-electron chi connectivity index (χ1n) is 6.11. The molecule has 0 spiro atoms. The van der Waals surface area contributed by atoms with E-state index in [9.17, 15) is 4.39 Å². The van der Waals surface area contributed by atoms with E-state index in [0.29, 0.717) is 12.1 Å². The zero-order chi connectivity index (χ0) is 11.0. The van der Waals surface area contributed by atoms with Crippen LogP contribution in [0.2, 0.25) is 0 Å². The van der Waals surface area contributed by atoms with E-state index in [4.69, 9.17) is 0 Å². The lowest BCUT2D eigenvalue weighted by atomic mass is 9.96. The maximum atomic E-state index is 13.8. The number of nitrogens with zero attached hydrogens (tertiary/aromatic N) is 1. The topological polar surface area (TPSA) is 15.3 Å². The van der Waals surface area contributed by atoms with Crippen LogP contribution in [-0.2, 0) is 0 Å². The Bertz CT molecular complexity index is 380. The van der Waals surface area contributed by atoms with E-state index in [1.54, 1.807) is 12.1 Å². The molecule has 0 aliphatic carbocycles. The van der Waals surface area contributed by atoms with E-state index in [0.717, 1.165) is 31.6 Å². The Morgan fingerprint density at radius 1 is 1.25 bits per heavy atom. The summed E-state index contributed by atoms with van der Waals surface area (Å²) >= 11 is 0. The van der Waals surface area contributed by atoms with Crippen LogP contribution in [0.5, 0.6) is 0 Å². The average Bonchev–Trinajstić information content (AvgIpc) is 2.77. The van der Waals surface area contributed by atoms with Gasteiger partial charge in [-0.2, -0.15) is 0 Å². The first-order chi connectivity index (χ1) is 7.86. The molecular formula is C13H17FN2. The minimum Gasteiger partial charge on any atom is -0.365 e. The molecular weight excluding hydrogens is 203 g/mol. The summed E-state index contributed by atoms with van der Waals surface area (Å²) < 4.78 is 13.8. The fourth-order valence-corrected chi connectivity index (χ4v) is 3.05. The lowest BCUT2D eigenvalue weighted by molar-refractivity contribution is 0.408. The number of benzene rings is 1. The van der Waals surface area contributed by atoms with Crippen LogP contribution in [0.1, 0.15) is 19.3 Å². The zero-order valence-corrected chi connectivity index (χ0v) is 9.32. The molecule has 2 nitrogen and oxygen atoms in total. The van der Waals surface area contributed by atoms with Gasteiger partial charge in [0.05, 0.1) is 5.69 Å². The Hall–Kier alpha value is -1.09. The molecule has 1 aromatic rings. The third kappa shape index (κ3) is 1.59. The van der Waals surface area contributed by atoms with Crippen molar-refractivity contribution in [2.75, 3.05) is 18.0 Å². The second-order valence-corrected chi connectivity index (χ2v) is 4.70. The van der Waals surface area contributed by atoms with Crippen LogP contribution in [0.3, 0.4) is 0 Å². The Morgan fingerprint density at radius 2 is 2.12 bits per heavy atom. The molecule has 2 heterocycles. The molecule has 3 heteroatoms. The number of para-hydroxylation sites is 1. The fourth-order valence-electron chi connectivity index (χ4n) is 3.05. The van der Waals surface area contributed by atoms with Crippen molar-refractivity contribution in [3.8, 4) is 0 Å². The van der Waals surface area contributed by atoms with Crippen LogP contribution in [0.4, 0.5) is 10.1 Å². The number of halogens is 1. The lowest BCUT2D eigenvalue weighted by Gasteiger charge is -2.39. The van der Waals surface area contributed by atoms with Crippen LogP contribution >= 0.6 is 0 Å². The van der Waals surface area contributed by atoms with E-state index in [1.165, 1.54) is 6.42 Å². The minimum absolute atomic E-state index is 0.0879. The van der Waals surface area contributed by atoms with E-state index < -0.39 is 0 Å². The van der Waals surface area contributed by atoms with Crippen molar-refractivity contribution in [1.29, 1.82) is 0 Å². The number of piperidine rings is 1. The summed E-state index contributed by atoms with van der Waals surface area (Å²) in [6.07, 6.45) is 3.52. The number of hydrogen-bond acceptors (Lipinski definition) is 2. The molecule has 16 heavy (non-hydrogen) atoms. The van der Waals surface area contributed by atoms with Crippen LogP contribution < -0.4 is 10.2 Å². The summed E-state index contributed by atoms with van der Waals surface area (Å²) in [5.41, 5.74) is 0.779. The van der Waals surface area contributed by atoms with E-state index in [2.05, 4.69) is 10.2 Å². The Labute approximate surface area is 95.4 Å². The highest BCUT2D eigenvalue weighted by Crippen LogP contribution is 2.30. The minimum atomic E-state index is -0.0879. The van der Waals surface area contributed by atoms with Gasteiger partial charge in [0.15, 0.2) is 0 Å². The standard InChI is InChI=1S/C13H17FN2/c14-10-4-1-2-6-12(10)16-9-3-5-11-13(16)7-8-15-11/h1-2,4,6,11,13,15H,3,5,7-9H2. The van der Waals surface area contributed by atoms with Gasteiger partial charge in [-0.3, -0.25) is 0 Å². The zero-order valence-electron chi connectivity index (χ0n) is 9.32. The summed E-state index contributed by atoms with van der Waals surface area (Å²) in [5.74, 6) is -0.0879. The smallest absolute Gasteiger partial charge is 0.146 e. The van der Waals surface area contributed by atoms with Crippen LogP contribution in [-0.4, -0.2) is 25.2 Å². The summed E-state index contributed by atoms with van der Waals surface area (Å²) in [4.78, 5) is 2.25. The van der Waals surface area contributed by atoms with E-state index >= 15 is 0 Å². The molecule has 0 bridgehead atoms. The van der Waals surface area contributed by atoms with Gasteiger partial charge in [0.25, 0.3) is 0 Å². The fraction of sp³-hybridized carbons (Fsp3) is 0.538. The number of nitrogens with one attached hydrogen (secondary N) is 1. The summed E-state index contributed by atoms with van der Waals surface area (Å²) in [6, 6.07) is 8.19. The molecule has 2 fully saturated rings. The maximum Gasteiger partial charge on any atom is 0.146 e. The SMILES string of the molecule is Fc1ccccc1N1CCCC2NCCC21. The molecule has 3 rings (SSSR count). The second kappa shape index (κ2) is 4.06. The normalized spacial score (nSPS) is 29.2. The van der Waals surface area contributed by atoms with Crippen LogP contribution in [0.25, 0.3) is 0 Å². The van der Waals surface area contributed by atoms with Crippen molar-refractivity contribution in [1.82, 2.24) is 5.32 Å². The molecule has 2 atom stereocenters. The molecule has 0 saturated carbocycles. The molecule has 2 aliphatic heterocycles. The van der Waals surface area contributed by atoms with Gasteiger partial charge >= 0.3 is 0 Å². The molecule has 0 aromatic heterocycles. The summed E-state index contributed by atoms with van der Waals surface area (Å²) in [5, 5.41) is 3.51. The maximum absolute atomic E-state index is 13.8. The molecule has 2 saturated heterocycles. The molecule has 0 amide bonds. The van der Waals surface area contributed by atoms with Crippen LogP contribution in [0, 0.1) is 5.82 Å². The molecule has 1 aromatic carbocycles. The van der Waals surface area contributed by atoms with E-state index in [-0.39, 0.29) is 5.82 Å². The third-order valence-corrected chi connectivity index (χ3v) is 3.79. The van der Waals surface area contributed by atoms with Crippen molar-refractivity contribution >= 4 is 5.69 Å². The molecule has 2 unspecified atom stereocenters. The van der Waals surface area contributed by atoms with Crippen molar-refractivity contribution in [2.24, 2.45) is 0 Å². The van der Waals surface area contributed by atoms with Crippen molar-refractivity contribution in [3.63, 3.8) is 0 Å². The van der Waals surface area contributed by atoms with Gasteiger partial charge in [-0.15, -0.1) is 0 Å². The predicted molar refractivity (Wildman–Crippen MR) is 63.2 cm³/mol. The largest absolute Gasteiger partial charge is 0.365 e. The number of fused-ring (bicyclic) bond motifs is 1. The van der Waals surface area contributed by atoms with Crippen molar-refractivity contribution < 1.29 is 4.39 Å². The Kier molecular flexibility index (Phi) is 2.56.